The molecular formula is C15H26N4O. The van der Waals surface area contributed by atoms with E-state index in [2.05, 4.69) is 20.6 Å². The molecule has 1 aromatic rings. The zero-order valence-electron chi connectivity index (χ0n) is 12.6. The molecule has 0 bridgehead atoms. The molecule has 0 radical (unpaired) electrons. The highest BCUT2D eigenvalue weighted by molar-refractivity contribution is 5.42. The van der Waals surface area contributed by atoms with Crippen LogP contribution in [-0.4, -0.2) is 36.3 Å². The normalized spacial score (nSPS) is 16.7. The molecule has 1 aliphatic carbocycles. The van der Waals surface area contributed by atoms with E-state index >= 15 is 0 Å². The Balaban J connectivity index is 1.95. The average molecular weight is 278 g/mol. The fraction of sp³-hybridized carbons (Fsp3) is 0.733. The molecule has 5 nitrogen and oxygen atoms in total. The topological polar surface area (TPSA) is 59.1 Å². The standard InChI is InChI=1S/C15H26N4O/c1-12-11-14(16-9-10-20-2)19-15(17-12)18-13-7-5-3-4-6-8-13/h11,13H,3-10H2,1-2H3,(H2,16,17,18,19). The third-order valence-electron chi connectivity index (χ3n) is 3.65. The first-order chi connectivity index (χ1) is 9.78. The molecule has 0 unspecified atom stereocenters. The van der Waals surface area contributed by atoms with Crippen LogP contribution in [0.5, 0.6) is 0 Å². The van der Waals surface area contributed by atoms with E-state index in [-0.39, 0.29) is 0 Å². The van der Waals surface area contributed by atoms with Gasteiger partial charge in [-0.15, -0.1) is 0 Å². The van der Waals surface area contributed by atoms with Crippen molar-refractivity contribution in [3.63, 3.8) is 0 Å². The van der Waals surface area contributed by atoms with Gasteiger partial charge in [-0.05, 0) is 19.8 Å². The van der Waals surface area contributed by atoms with Gasteiger partial charge in [0, 0.05) is 31.5 Å². The Labute approximate surface area is 121 Å². The Morgan fingerprint density at radius 2 is 1.95 bits per heavy atom. The van der Waals surface area contributed by atoms with Gasteiger partial charge < -0.3 is 15.4 Å². The number of hydrogen-bond acceptors (Lipinski definition) is 5. The minimum Gasteiger partial charge on any atom is -0.383 e. The molecule has 0 aromatic carbocycles. The van der Waals surface area contributed by atoms with Crippen molar-refractivity contribution in [3.05, 3.63) is 11.8 Å². The molecule has 2 rings (SSSR count). The summed E-state index contributed by atoms with van der Waals surface area (Å²) >= 11 is 0. The van der Waals surface area contributed by atoms with E-state index in [1.807, 2.05) is 13.0 Å². The first kappa shape index (κ1) is 15.0. The molecule has 2 N–H and O–H groups in total. The summed E-state index contributed by atoms with van der Waals surface area (Å²) < 4.78 is 5.04. The van der Waals surface area contributed by atoms with Crippen LogP contribution >= 0.6 is 0 Å². The number of aromatic nitrogens is 2. The van der Waals surface area contributed by atoms with Gasteiger partial charge in [-0.25, -0.2) is 4.98 Å². The Kier molecular flexibility index (Phi) is 6.05. The van der Waals surface area contributed by atoms with E-state index in [4.69, 9.17) is 4.74 Å². The lowest BCUT2D eigenvalue weighted by Gasteiger charge is -2.17. The number of nitrogens with one attached hydrogen (secondary N) is 2. The van der Waals surface area contributed by atoms with E-state index in [1.54, 1.807) is 7.11 Å². The molecule has 0 atom stereocenters. The third kappa shape index (κ3) is 4.96. The summed E-state index contributed by atoms with van der Waals surface area (Å²) in [6.45, 7) is 3.44. The number of ether oxygens (including phenoxy) is 1. The van der Waals surface area contributed by atoms with Gasteiger partial charge in [0.05, 0.1) is 6.61 Å². The fourth-order valence-electron chi connectivity index (χ4n) is 2.61. The third-order valence-corrected chi connectivity index (χ3v) is 3.65. The predicted octanol–water partition coefficient (Wildman–Crippen LogP) is 2.98. The van der Waals surface area contributed by atoms with Crippen LogP contribution in [0.15, 0.2) is 6.07 Å². The van der Waals surface area contributed by atoms with Crippen molar-refractivity contribution in [2.45, 2.75) is 51.5 Å². The maximum atomic E-state index is 5.04. The second kappa shape index (κ2) is 8.04. The van der Waals surface area contributed by atoms with Crippen molar-refractivity contribution in [2.24, 2.45) is 0 Å². The van der Waals surface area contributed by atoms with Crippen molar-refractivity contribution in [2.75, 3.05) is 30.9 Å². The van der Waals surface area contributed by atoms with E-state index in [0.717, 1.165) is 24.0 Å². The maximum Gasteiger partial charge on any atom is 0.225 e. The van der Waals surface area contributed by atoms with Gasteiger partial charge in [0.1, 0.15) is 5.82 Å². The van der Waals surface area contributed by atoms with Crippen LogP contribution in [0.4, 0.5) is 11.8 Å². The molecule has 5 heteroatoms. The van der Waals surface area contributed by atoms with Gasteiger partial charge in [-0.3, -0.25) is 0 Å². The molecule has 1 saturated carbocycles. The monoisotopic (exact) mass is 278 g/mol. The molecule has 20 heavy (non-hydrogen) atoms. The average Bonchev–Trinajstić information content (AvgIpc) is 2.67. The summed E-state index contributed by atoms with van der Waals surface area (Å²) in [5.41, 5.74) is 0.982. The van der Waals surface area contributed by atoms with Crippen LogP contribution in [0, 0.1) is 6.92 Å². The SMILES string of the molecule is COCCNc1cc(C)nc(NC2CCCCCC2)n1. The second-order valence-corrected chi connectivity index (χ2v) is 5.47. The Bertz CT molecular complexity index is 403. The molecule has 1 aliphatic rings. The van der Waals surface area contributed by atoms with E-state index in [0.29, 0.717) is 12.6 Å². The van der Waals surface area contributed by atoms with Crippen LogP contribution in [0.1, 0.15) is 44.2 Å². The van der Waals surface area contributed by atoms with Gasteiger partial charge in [0.2, 0.25) is 5.95 Å². The van der Waals surface area contributed by atoms with E-state index in [9.17, 15) is 0 Å². The molecule has 0 spiro atoms. The number of hydrogen-bond donors (Lipinski definition) is 2. The maximum absolute atomic E-state index is 5.04. The van der Waals surface area contributed by atoms with Crippen LogP contribution in [-0.2, 0) is 4.74 Å². The lowest BCUT2D eigenvalue weighted by molar-refractivity contribution is 0.210. The summed E-state index contributed by atoms with van der Waals surface area (Å²) in [6, 6.07) is 2.49. The van der Waals surface area contributed by atoms with Crippen LogP contribution in [0.3, 0.4) is 0 Å². The highest BCUT2D eigenvalue weighted by Crippen LogP contribution is 2.20. The molecule has 0 saturated heterocycles. The van der Waals surface area contributed by atoms with Crippen LogP contribution < -0.4 is 10.6 Å². The smallest absolute Gasteiger partial charge is 0.225 e. The summed E-state index contributed by atoms with van der Waals surface area (Å²) in [7, 11) is 1.70. The minimum absolute atomic E-state index is 0.520. The van der Waals surface area contributed by atoms with Crippen LogP contribution in [0.2, 0.25) is 0 Å². The Morgan fingerprint density at radius 3 is 2.65 bits per heavy atom. The van der Waals surface area contributed by atoms with Gasteiger partial charge in [0.15, 0.2) is 0 Å². The number of rotatable bonds is 6. The molecule has 112 valence electrons. The molecule has 0 amide bonds. The van der Waals surface area contributed by atoms with Gasteiger partial charge in [-0.2, -0.15) is 4.98 Å². The first-order valence-electron chi connectivity index (χ1n) is 7.63. The molecule has 1 heterocycles. The molecular weight excluding hydrogens is 252 g/mol. The summed E-state index contributed by atoms with van der Waals surface area (Å²) in [5.74, 6) is 1.61. The van der Waals surface area contributed by atoms with Crippen molar-refractivity contribution in [3.8, 4) is 0 Å². The largest absolute Gasteiger partial charge is 0.383 e. The summed E-state index contributed by atoms with van der Waals surface area (Å²) in [5, 5.41) is 6.76. The number of methoxy groups -OCH3 is 1. The quantitative estimate of drug-likeness (QED) is 0.619. The highest BCUT2D eigenvalue weighted by Gasteiger charge is 2.13. The van der Waals surface area contributed by atoms with Crippen molar-refractivity contribution < 1.29 is 4.74 Å². The highest BCUT2D eigenvalue weighted by atomic mass is 16.5. The zero-order chi connectivity index (χ0) is 14.2. The Morgan fingerprint density at radius 1 is 1.20 bits per heavy atom. The van der Waals surface area contributed by atoms with Crippen molar-refractivity contribution >= 4 is 11.8 Å². The lowest BCUT2D eigenvalue weighted by Crippen LogP contribution is -2.20. The van der Waals surface area contributed by atoms with E-state index in [1.165, 1.54) is 38.5 Å². The number of anilines is 2. The Hall–Kier alpha value is -1.36. The molecule has 0 aliphatic heterocycles. The number of nitrogens with zero attached hydrogens (tertiary/aromatic N) is 2. The van der Waals surface area contributed by atoms with E-state index < -0.39 is 0 Å². The zero-order valence-corrected chi connectivity index (χ0v) is 12.6. The lowest BCUT2D eigenvalue weighted by atomic mass is 10.1. The van der Waals surface area contributed by atoms with Gasteiger partial charge >= 0.3 is 0 Å². The van der Waals surface area contributed by atoms with Gasteiger partial charge in [-0.1, -0.05) is 25.7 Å². The van der Waals surface area contributed by atoms with Crippen LogP contribution in [0.25, 0.3) is 0 Å². The molecule has 1 fully saturated rings. The van der Waals surface area contributed by atoms with Gasteiger partial charge in [0.25, 0.3) is 0 Å². The molecule has 1 aromatic heterocycles. The minimum atomic E-state index is 0.520. The van der Waals surface area contributed by atoms with Crippen molar-refractivity contribution in [1.29, 1.82) is 0 Å². The summed E-state index contributed by atoms with van der Waals surface area (Å²) in [4.78, 5) is 9.03. The van der Waals surface area contributed by atoms with Crippen molar-refractivity contribution in [1.82, 2.24) is 9.97 Å². The second-order valence-electron chi connectivity index (χ2n) is 5.47. The predicted molar refractivity (Wildman–Crippen MR) is 82.2 cm³/mol. The fourth-order valence-corrected chi connectivity index (χ4v) is 2.61. The first-order valence-corrected chi connectivity index (χ1v) is 7.63. The number of aryl methyl sites for hydroxylation is 1. The summed E-state index contributed by atoms with van der Waals surface area (Å²) in [6.07, 6.45) is 7.78.